The third-order valence-electron chi connectivity index (χ3n) is 0. The minimum absolute atomic E-state index is 0. The first-order chi connectivity index (χ1) is 1.41. The third kappa shape index (κ3) is 45.3. The topological polar surface area (TPSA) is 0 Å². The van der Waals surface area contributed by atoms with Crippen LogP contribution in [-0.4, -0.2) is 0 Å². The molecule has 0 atom stereocenters. The van der Waals surface area contributed by atoms with Gasteiger partial charge in [-0.25, -0.2) is 0 Å². The Labute approximate surface area is 43.6 Å². The van der Waals surface area contributed by atoms with E-state index in [9.17, 15) is 0 Å². The molecule has 0 aliphatic rings. The number of hydrogen-bond acceptors (Lipinski definition) is 0. The lowest BCUT2D eigenvalue weighted by molar-refractivity contribution is 1.94. The second kappa shape index (κ2) is 10.4. The van der Waals surface area contributed by atoms with Crippen molar-refractivity contribution in [1.82, 2.24) is 0 Å². The molecule has 1 heteroatoms. The lowest BCUT2D eigenvalue weighted by Crippen LogP contribution is -1.10. The van der Waals surface area contributed by atoms with Crippen LogP contribution in [0.15, 0.2) is 0 Å². The zero-order valence-electron chi connectivity index (χ0n) is 2.49. The Morgan fingerprint density at radius 1 is 1.75 bits per heavy atom. The molecule has 0 radical (unpaired) electrons. The van der Waals surface area contributed by atoms with E-state index >= 15 is 0 Å². The van der Waals surface area contributed by atoms with Gasteiger partial charge in [0.15, 0.2) is 0 Å². The van der Waals surface area contributed by atoms with Gasteiger partial charge in [0.05, 0.1) is 0 Å². The Balaban J connectivity index is 0. The van der Waals surface area contributed by atoms with Gasteiger partial charge in [0, 0.05) is 0 Å². The van der Waals surface area contributed by atoms with E-state index in [0.29, 0.717) is 0 Å². The fourth-order valence-corrected chi connectivity index (χ4v) is 0. The predicted molar refractivity (Wildman–Crippen MR) is 29.9 cm³/mol. The van der Waals surface area contributed by atoms with E-state index in [4.69, 9.17) is 0 Å². The fraction of sp³-hybridized carbons (Fsp3) is 0.333. The lowest BCUT2D eigenvalue weighted by atomic mass is 10.9. The van der Waals surface area contributed by atoms with Crippen LogP contribution < -0.4 is 0 Å². The van der Waals surface area contributed by atoms with Gasteiger partial charge in [-0.05, 0) is 6.92 Å². The molecule has 0 unspecified atom stereocenters. The number of terminal acetylenes is 1. The van der Waals surface area contributed by atoms with Crippen molar-refractivity contribution in [3.05, 3.63) is 0 Å². The largest absolute Gasteiger partial charge is 0.120 e. The van der Waals surface area contributed by atoms with Crippen molar-refractivity contribution >= 4 is 24.0 Å². The van der Waals surface area contributed by atoms with Gasteiger partial charge >= 0.3 is 0 Å². The van der Waals surface area contributed by atoms with Crippen molar-refractivity contribution in [3.8, 4) is 12.3 Å². The predicted octanol–water partition coefficient (Wildman–Crippen LogP) is 1.26. The van der Waals surface area contributed by atoms with Gasteiger partial charge in [0.1, 0.15) is 0 Å². The molecule has 0 aromatic rings. The van der Waals surface area contributed by atoms with Crippen molar-refractivity contribution in [2.75, 3.05) is 0 Å². The molecule has 0 aliphatic heterocycles. The van der Waals surface area contributed by atoms with Crippen LogP contribution in [0.25, 0.3) is 0 Å². The van der Waals surface area contributed by atoms with Gasteiger partial charge < -0.3 is 0 Å². The second-order valence-corrected chi connectivity index (χ2v) is 0.289. The molecule has 0 bridgehead atoms. The molecule has 0 aromatic carbocycles. The molecule has 0 aromatic heterocycles. The summed E-state index contributed by atoms with van der Waals surface area (Å²) in [5, 5.41) is 0. The molecule has 0 fully saturated rings. The standard InChI is InChI=1S/C3H4.HI/c1-3-2;/h1H,2H3;1H. The SMILES string of the molecule is C#CC.I. The summed E-state index contributed by atoms with van der Waals surface area (Å²) in [5.41, 5.74) is 0. The van der Waals surface area contributed by atoms with Crippen molar-refractivity contribution in [2.24, 2.45) is 0 Å². The molecule has 0 aliphatic carbocycles. The van der Waals surface area contributed by atoms with Crippen LogP contribution >= 0.6 is 24.0 Å². The van der Waals surface area contributed by atoms with Crippen LogP contribution in [0, 0.1) is 12.3 Å². The molecule has 0 nitrogen and oxygen atoms in total. The zero-order chi connectivity index (χ0) is 2.71. The zero-order valence-corrected chi connectivity index (χ0v) is 4.82. The summed E-state index contributed by atoms with van der Waals surface area (Å²) in [6.45, 7) is 1.65. The lowest BCUT2D eigenvalue weighted by Gasteiger charge is -1.23. The number of halogens is 1. The van der Waals surface area contributed by atoms with E-state index in [1.165, 1.54) is 0 Å². The van der Waals surface area contributed by atoms with Crippen LogP contribution in [0.5, 0.6) is 0 Å². The summed E-state index contributed by atoms with van der Waals surface area (Å²) in [4.78, 5) is 0. The Bertz CT molecular complexity index is 24.8. The average Bonchev–Trinajstić information content (AvgIpc) is 0.918. The maximum absolute atomic E-state index is 4.60. The molecule has 0 heterocycles. The van der Waals surface area contributed by atoms with Crippen LogP contribution in [0.4, 0.5) is 0 Å². The third-order valence-corrected chi connectivity index (χ3v) is 0. The monoisotopic (exact) mass is 168 g/mol. The summed E-state index contributed by atoms with van der Waals surface area (Å²) in [7, 11) is 0. The Morgan fingerprint density at radius 3 is 1.75 bits per heavy atom. The summed E-state index contributed by atoms with van der Waals surface area (Å²) >= 11 is 0. The average molecular weight is 168 g/mol. The number of rotatable bonds is 0. The van der Waals surface area contributed by atoms with Crippen LogP contribution in [-0.2, 0) is 0 Å². The maximum Gasteiger partial charge on any atom is -0.00297 e. The van der Waals surface area contributed by atoms with Crippen LogP contribution in [0.1, 0.15) is 6.92 Å². The summed E-state index contributed by atoms with van der Waals surface area (Å²) in [5.74, 6) is 2.25. The fourth-order valence-electron chi connectivity index (χ4n) is 0. The Hall–Kier alpha value is 0.290. The molecule has 0 spiro atoms. The first-order valence-corrected chi connectivity index (χ1v) is 0.789. The minimum Gasteiger partial charge on any atom is -0.120 e. The van der Waals surface area contributed by atoms with Crippen molar-refractivity contribution < 1.29 is 0 Å². The smallest absolute Gasteiger partial charge is 0.00297 e. The molecule has 4 heavy (non-hydrogen) atoms. The van der Waals surface area contributed by atoms with Gasteiger partial charge in [-0.3, -0.25) is 0 Å². The number of hydrogen-bond donors (Lipinski definition) is 0. The molecule has 0 rings (SSSR count). The molecule has 24 valence electrons. The molecular weight excluding hydrogens is 163 g/mol. The highest BCUT2D eigenvalue weighted by Crippen LogP contribution is 1.21. The van der Waals surface area contributed by atoms with Crippen molar-refractivity contribution in [3.63, 3.8) is 0 Å². The minimum atomic E-state index is 0. The van der Waals surface area contributed by atoms with Gasteiger partial charge in [-0.2, -0.15) is 0 Å². The highest BCUT2D eigenvalue weighted by molar-refractivity contribution is 14.0. The quantitative estimate of drug-likeness (QED) is 0.377. The van der Waals surface area contributed by atoms with Gasteiger partial charge in [0.25, 0.3) is 0 Å². The molecule has 0 amide bonds. The normalized spacial score (nSPS) is 2.00. The highest BCUT2D eigenvalue weighted by Gasteiger charge is 1.09. The van der Waals surface area contributed by atoms with Crippen molar-refractivity contribution in [1.29, 1.82) is 0 Å². The van der Waals surface area contributed by atoms with Gasteiger partial charge in [-0.1, -0.05) is 0 Å². The van der Waals surface area contributed by atoms with E-state index in [1.54, 1.807) is 6.92 Å². The first kappa shape index (κ1) is 8.85. The van der Waals surface area contributed by atoms with E-state index in [1.807, 2.05) is 0 Å². The highest BCUT2D eigenvalue weighted by atomic mass is 127. The van der Waals surface area contributed by atoms with Crippen LogP contribution in [0.3, 0.4) is 0 Å². The molecule has 0 N–H and O–H groups in total. The second-order valence-electron chi connectivity index (χ2n) is 0.289. The van der Waals surface area contributed by atoms with Gasteiger partial charge in [0.2, 0.25) is 0 Å². The van der Waals surface area contributed by atoms with Crippen molar-refractivity contribution in [2.45, 2.75) is 6.92 Å². The Kier molecular flexibility index (Phi) is 23.0. The Morgan fingerprint density at radius 2 is 1.75 bits per heavy atom. The summed E-state index contributed by atoms with van der Waals surface area (Å²) < 4.78 is 0. The summed E-state index contributed by atoms with van der Waals surface area (Å²) in [6, 6.07) is 0. The molecular formula is C3H5I. The maximum atomic E-state index is 4.60. The van der Waals surface area contributed by atoms with E-state index in [2.05, 4.69) is 12.3 Å². The molecule has 0 saturated carbocycles. The van der Waals surface area contributed by atoms with E-state index in [0.717, 1.165) is 0 Å². The van der Waals surface area contributed by atoms with Gasteiger partial charge in [-0.15, -0.1) is 36.3 Å². The van der Waals surface area contributed by atoms with Crippen LogP contribution in [0.2, 0.25) is 0 Å². The van der Waals surface area contributed by atoms with E-state index in [-0.39, 0.29) is 24.0 Å². The first-order valence-electron chi connectivity index (χ1n) is 0.789. The summed E-state index contributed by atoms with van der Waals surface area (Å²) in [6.07, 6.45) is 4.60. The molecule has 0 saturated heterocycles. The van der Waals surface area contributed by atoms with E-state index < -0.39 is 0 Å².